The summed E-state index contributed by atoms with van der Waals surface area (Å²) in [5.41, 5.74) is 1.34. The highest BCUT2D eigenvalue weighted by Crippen LogP contribution is 2.25. The Kier molecular flexibility index (Phi) is 11.7. The number of unbranched alkanes of at least 4 members (excludes halogenated alkanes) is 1. The molecule has 0 bridgehead atoms. The minimum absolute atomic E-state index is 0.0133. The molecular weight excluding hydrogens is 502 g/mol. The van der Waals surface area contributed by atoms with Gasteiger partial charge in [-0.25, -0.2) is 9.59 Å². The first kappa shape index (κ1) is 29.1. The Hall–Kier alpha value is -4.50. The number of nitrogens with one attached hydrogen (secondary N) is 1. The predicted octanol–water partition coefficient (Wildman–Crippen LogP) is 4.94. The van der Waals surface area contributed by atoms with Gasteiger partial charge in [-0.15, -0.1) is 0 Å². The Morgan fingerprint density at radius 3 is 2.15 bits per heavy atom. The van der Waals surface area contributed by atoms with Gasteiger partial charge in [0, 0.05) is 18.2 Å². The van der Waals surface area contributed by atoms with Crippen LogP contribution in [0.2, 0.25) is 0 Å². The number of ether oxygens (including phenoxy) is 6. The van der Waals surface area contributed by atoms with E-state index in [1.54, 1.807) is 55.6 Å². The summed E-state index contributed by atoms with van der Waals surface area (Å²) in [4.78, 5) is 23.5. The Labute approximate surface area is 228 Å². The van der Waals surface area contributed by atoms with Crippen molar-refractivity contribution in [2.75, 3.05) is 34.2 Å². The Morgan fingerprint density at radius 1 is 0.821 bits per heavy atom. The zero-order valence-corrected chi connectivity index (χ0v) is 22.1. The van der Waals surface area contributed by atoms with E-state index < -0.39 is 11.9 Å². The Balaban J connectivity index is 1.41. The fraction of sp³-hybridized carbons (Fsp3) is 0.267. The van der Waals surface area contributed by atoms with Crippen LogP contribution in [0.4, 0.5) is 0 Å². The lowest BCUT2D eigenvalue weighted by Gasteiger charge is -2.13. The smallest absolute Gasteiger partial charge is 0.343 e. The quantitative estimate of drug-likeness (QED) is 0.0899. The minimum atomic E-state index is -0.487. The predicted molar refractivity (Wildman–Crippen MR) is 146 cm³/mol. The van der Waals surface area contributed by atoms with Gasteiger partial charge in [0.1, 0.15) is 28.7 Å². The summed E-state index contributed by atoms with van der Waals surface area (Å²) in [6.07, 6.45) is 2.54. The molecule has 0 aliphatic rings. The molecule has 0 heterocycles. The van der Waals surface area contributed by atoms with Crippen molar-refractivity contribution in [2.45, 2.75) is 19.4 Å². The van der Waals surface area contributed by atoms with Crippen molar-refractivity contribution in [3.63, 3.8) is 0 Å². The van der Waals surface area contributed by atoms with Crippen molar-refractivity contribution in [1.29, 1.82) is 0 Å². The van der Waals surface area contributed by atoms with Gasteiger partial charge in [0.2, 0.25) is 6.79 Å². The molecule has 0 aliphatic heterocycles. The SMILES string of the molecule is C=CC(=O)OCCCCOc1ccc(C(=O)Oc2ccc(OCOc3ccc(OC)cc3CNC)cc2)cc1. The molecule has 3 rings (SSSR count). The third-order valence-corrected chi connectivity index (χ3v) is 5.42. The third kappa shape index (κ3) is 9.71. The van der Waals surface area contributed by atoms with E-state index in [9.17, 15) is 9.59 Å². The first-order valence-electron chi connectivity index (χ1n) is 12.4. The molecular formula is C30H33NO8. The lowest BCUT2D eigenvalue weighted by molar-refractivity contribution is -0.137. The maximum absolute atomic E-state index is 12.5. The van der Waals surface area contributed by atoms with E-state index >= 15 is 0 Å². The number of carbonyl (C=O) groups excluding carboxylic acids is 2. The average molecular weight is 536 g/mol. The third-order valence-electron chi connectivity index (χ3n) is 5.42. The minimum Gasteiger partial charge on any atom is -0.497 e. The van der Waals surface area contributed by atoms with Gasteiger partial charge in [0.05, 0.1) is 25.9 Å². The van der Waals surface area contributed by atoms with Crippen LogP contribution in [0.3, 0.4) is 0 Å². The summed E-state index contributed by atoms with van der Waals surface area (Å²) in [6.45, 7) is 4.77. The number of methoxy groups -OCH3 is 1. The number of carbonyl (C=O) groups is 2. The summed E-state index contributed by atoms with van der Waals surface area (Å²) in [6, 6.07) is 19.0. The normalized spacial score (nSPS) is 10.3. The van der Waals surface area contributed by atoms with Crippen molar-refractivity contribution in [3.8, 4) is 28.7 Å². The molecule has 206 valence electrons. The second-order valence-corrected chi connectivity index (χ2v) is 8.22. The van der Waals surface area contributed by atoms with Gasteiger partial charge in [0.15, 0.2) is 0 Å². The molecule has 0 aliphatic carbocycles. The molecule has 3 aromatic carbocycles. The number of hydrogen-bond donors (Lipinski definition) is 1. The molecule has 0 saturated carbocycles. The second-order valence-electron chi connectivity index (χ2n) is 8.22. The molecule has 9 heteroatoms. The van der Waals surface area contributed by atoms with E-state index in [2.05, 4.69) is 11.9 Å². The average Bonchev–Trinajstić information content (AvgIpc) is 2.96. The van der Waals surface area contributed by atoms with Gasteiger partial charge in [-0.3, -0.25) is 0 Å². The van der Waals surface area contributed by atoms with Gasteiger partial charge in [-0.05, 0) is 86.6 Å². The maximum atomic E-state index is 12.5. The van der Waals surface area contributed by atoms with E-state index in [1.165, 1.54) is 0 Å². The topological polar surface area (TPSA) is 102 Å². The monoisotopic (exact) mass is 535 g/mol. The van der Waals surface area contributed by atoms with E-state index in [4.69, 9.17) is 28.4 Å². The van der Waals surface area contributed by atoms with Gasteiger partial charge in [-0.1, -0.05) is 6.58 Å². The maximum Gasteiger partial charge on any atom is 0.343 e. The zero-order valence-electron chi connectivity index (χ0n) is 22.1. The van der Waals surface area contributed by atoms with Crippen molar-refractivity contribution < 1.29 is 38.0 Å². The summed E-state index contributed by atoms with van der Waals surface area (Å²) < 4.78 is 32.7. The highest BCUT2D eigenvalue weighted by molar-refractivity contribution is 5.91. The van der Waals surface area contributed by atoms with Crippen molar-refractivity contribution >= 4 is 11.9 Å². The molecule has 0 aromatic heterocycles. The van der Waals surface area contributed by atoms with Crippen LogP contribution in [-0.2, 0) is 16.1 Å². The zero-order chi connectivity index (χ0) is 27.9. The van der Waals surface area contributed by atoms with Crippen LogP contribution in [0, 0.1) is 0 Å². The molecule has 0 amide bonds. The van der Waals surface area contributed by atoms with Gasteiger partial charge < -0.3 is 33.7 Å². The fourth-order valence-electron chi connectivity index (χ4n) is 3.40. The molecule has 0 radical (unpaired) electrons. The summed E-state index contributed by atoms with van der Waals surface area (Å²) >= 11 is 0. The standard InChI is InChI=1S/C30H33NO8/c1-4-29(32)36-18-6-5-17-35-24-9-7-22(8-10-24)30(33)39-26-13-11-25(12-14-26)37-21-38-28-16-15-27(34-3)19-23(28)20-31-2/h4,7-16,19,31H,1,5-6,17-18,20-21H2,2-3H3. The molecule has 0 atom stereocenters. The number of esters is 2. The van der Waals surface area contributed by atoms with Crippen molar-refractivity contribution in [2.24, 2.45) is 0 Å². The summed E-state index contributed by atoms with van der Waals surface area (Å²) in [7, 11) is 3.48. The molecule has 0 spiro atoms. The fourth-order valence-corrected chi connectivity index (χ4v) is 3.40. The van der Waals surface area contributed by atoms with Crippen LogP contribution in [-0.4, -0.2) is 46.1 Å². The molecule has 9 nitrogen and oxygen atoms in total. The second kappa shape index (κ2) is 15.7. The van der Waals surface area contributed by atoms with Gasteiger partial charge in [-0.2, -0.15) is 0 Å². The first-order chi connectivity index (χ1) is 19.0. The molecule has 0 fully saturated rings. The number of benzene rings is 3. The molecule has 0 unspecified atom stereocenters. The molecule has 39 heavy (non-hydrogen) atoms. The highest BCUT2D eigenvalue weighted by Gasteiger charge is 2.10. The van der Waals surface area contributed by atoms with E-state index in [0.717, 1.165) is 23.8 Å². The molecule has 3 aromatic rings. The Morgan fingerprint density at radius 2 is 1.46 bits per heavy atom. The van der Waals surface area contributed by atoms with Crippen LogP contribution in [0.5, 0.6) is 28.7 Å². The highest BCUT2D eigenvalue weighted by atomic mass is 16.7. The number of hydrogen-bond acceptors (Lipinski definition) is 9. The number of rotatable bonds is 16. The molecule has 1 N–H and O–H groups in total. The first-order valence-corrected chi connectivity index (χ1v) is 12.4. The lowest BCUT2D eigenvalue weighted by atomic mass is 10.2. The van der Waals surface area contributed by atoms with Crippen LogP contribution < -0.4 is 29.0 Å². The lowest BCUT2D eigenvalue weighted by Crippen LogP contribution is -2.11. The van der Waals surface area contributed by atoms with Gasteiger partial charge >= 0.3 is 11.9 Å². The van der Waals surface area contributed by atoms with Crippen LogP contribution in [0.1, 0.15) is 28.8 Å². The van der Waals surface area contributed by atoms with Crippen LogP contribution in [0.25, 0.3) is 0 Å². The summed E-state index contributed by atoms with van der Waals surface area (Å²) in [5, 5.41) is 3.10. The largest absolute Gasteiger partial charge is 0.497 e. The Bertz CT molecular complexity index is 1210. The van der Waals surface area contributed by atoms with Crippen LogP contribution >= 0.6 is 0 Å². The van der Waals surface area contributed by atoms with E-state index in [-0.39, 0.29) is 6.79 Å². The van der Waals surface area contributed by atoms with Crippen molar-refractivity contribution in [1.82, 2.24) is 5.32 Å². The molecule has 0 saturated heterocycles. The van der Waals surface area contributed by atoms with E-state index in [0.29, 0.717) is 54.7 Å². The van der Waals surface area contributed by atoms with Gasteiger partial charge in [0.25, 0.3) is 0 Å². The van der Waals surface area contributed by atoms with E-state index in [1.807, 2.05) is 25.2 Å². The van der Waals surface area contributed by atoms with Crippen LogP contribution in [0.15, 0.2) is 79.4 Å². The summed E-state index contributed by atoms with van der Waals surface area (Å²) in [5.74, 6) is 2.11. The van der Waals surface area contributed by atoms with Crippen molar-refractivity contribution in [3.05, 3.63) is 90.5 Å².